The molecule has 4 nitrogen and oxygen atoms in total. The van der Waals surface area contributed by atoms with Crippen LogP contribution in [0.1, 0.15) is 16.7 Å². The van der Waals surface area contributed by atoms with Crippen LogP contribution in [0.15, 0.2) is 42.7 Å². The first-order chi connectivity index (χ1) is 9.74. The average Bonchev–Trinajstić information content (AvgIpc) is 2.49. The summed E-state index contributed by atoms with van der Waals surface area (Å²) in [6.45, 7) is 0.745. The number of fused-ring (bicyclic) bond motifs is 1. The van der Waals surface area contributed by atoms with Gasteiger partial charge in [0, 0.05) is 36.6 Å². The van der Waals surface area contributed by atoms with E-state index in [0.29, 0.717) is 12.1 Å². The van der Waals surface area contributed by atoms with Crippen molar-refractivity contribution in [2.45, 2.75) is 25.4 Å². The van der Waals surface area contributed by atoms with Crippen molar-refractivity contribution < 1.29 is 4.79 Å². The molecule has 20 heavy (non-hydrogen) atoms. The molecule has 102 valence electrons. The Balaban J connectivity index is 1.72. The van der Waals surface area contributed by atoms with E-state index in [4.69, 9.17) is 5.73 Å². The van der Waals surface area contributed by atoms with E-state index in [1.54, 1.807) is 18.5 Å². The molecule has 1 atom stereocenters. The molecule has 1 unspecified atom stereocenters. The number of Topliss-reactive ketones (excluding diaryl/α,β-unsaturated/α-hetero) is 1. The molecule has 3 N–H and O–H groups in total. The number of benzene rings is 1. The second-order valence-electron chi connectivity index (χ2n) is 5.12. The van der Waals surface area contributed by atoms with Crippen LogP contribution in [0.4, 0.5) is 5.69 Å². The number of nitrogen functional groups attached to an aromatic ring is 1. The van der Waals surface area contributed by atoms with Crippen molar-refractivity contribution in [2.24, 2.45) is 0 Å². The quantitative estimate of drug-likeness (QED) is 0.884. The Bertz CT molecular complexity index is 639. The third-order valence-corrected chi connectivity index (χ3v) is 3.78. The second kappa shape index (κ2) is 5.43. The van der Waals surface area contributed by atoms with Gasteiger partial charge in [-0.25, -0.2) is 0 Å². The van der Waals surface area contributed by atoms with Crippen LogP contribution in [0.25, 0.3) is 0 Å². The molecule has 0 spiro atoms. The molecule has 0 bridgehead atoms. The van der Waals surface area contributed by atoms with E-state index in [2.05, 4.69) is 22.4 Å². The van der Waals surface area contributed by atoms with Gasteiger partial charge in [0.25, 0.3) is 0 Å². The molecule has 2 aromatic rings. The minimum atomic E-state index is -0.135. The number of nitrogens with zero attached hydrogens (tertiary/aromatic N) is 1. The molecule has 4 heteroatoms. The maximum atomic E-state index is 12.4. The van der Waals surface area contributed by atoms with E-state index in [0.717, 1.165) is 18.5 Å². The molecule has 1 aliphatic heterocycles. The number of rotatable bonds is 3. The molecule has 0 radical (unpaired) electrons. The number of carbonyl (C=O) groups excluding carboxylic acids is 1. The number of nitrogens with two attached hydrogens (primary N) is 1. The van der Waals surface area contributed by atoms with E-state index in [-0.39, 0.29) is 11.8 Å². The molecule has 0 aliphatic carbocycles. The first-order valence-corrected chi connectivity index (χ1v) is 6.75. The summed E-state index contributed by atoms with van der Waals surface area (Å²) >= 11 is 0. The SMILES string of the molecule is Nc1ccncc1CC(=O)C1Cc2ccccc2CN1. The number of pyridine rings is 1. The molecule has 0 saturated heterocycles. The molecule has 0 fully saturated rings. The number of carbonyl (C=O) groups is 1. The summed E-state index contributed by atoms with van der Waals surface area (Å²) in [6.07, 6.45) is 4.39. The first kappa shape index (κ1) is 12.8. The van der Waals surface area contributed by atoms with Crippen molar-refractivity contribution in [1.29, 1.82) is 0 Å². The molecule has 1 aromatic carbocycles. The first-order valence-electron chi connectivity index (χ1n) is 6.75. The number of hydrogen-bond donors (Lipinski definition) is 2. The van der Waals surface area contributed by atoms with Crippen molar-refractivity contribution in [3.8, 4) is 0 Å². The zero-order chi connectivity index (χ0) is 13.9. The predicted molar refractivity (Wildman–Crippen MR) is 78.1 cm³/mol. The van der Waals surface area contributed by atoms with E-state index < -0.39 is 0 Å². The Kier molecular flexibility index (Phi) is 3.48. The van der Waals surface area contributed by atoms with Crippen molar-refractivity contribution >= 4 is 11.5 Å². The van der Waals surface area contributed by atoms with Crippen molar-refractivity contribution in [2.75, 3.05) is 5.73 Å². The number of ketones is 1. The van der Waals surface area contributed by atoms with Gasteiger partial charge in [-0.05, 0) is 23.6 Å². The van der Waals surface area contributed by atoms with Gasteiger partial charge in [-0.3, -0.25) is 9.78 Å². The van der Waals surface area contributed by atoms with Crippen molar-refractivity contribution in [3.05, 3.63) is 59.4 Å². The molecular formula is C16H17N3O. The van der Waals surface area contributed by atoms with Crippen LogP contribution in [-0.2, 0) is 24.2 Å². The van der Waals surface area contributed by atoms with Crippen LogP contribution in [0, 0.1) is 0 Å². The Labute approximate surface area is 118 Å². The van der Waals surface area contributed by atoms with E-state index in [1.807, 2.05) is 12.1 Å². The Hall–Kier alpha value is -2.20. The lowest BCUT2D eigenvalue weighted by Crippen LogP contribution is -2.42. The fourth-order valence-corrected chi connectivity index (χ4v) is 2.58. The highest BCUT2D eigenvalue weighted by molar-refractivity contribution is 5.87. The van der Waals surface area contributed by atoms with Gasteiger partial charge in [-0.15, -0.1) is 0 Å². The lowest BCUT2D eigenvalue weighted by molar-refractivity contribution is -0.120. The van der Waals surface area contributed by atoms with Crippen LogP contribution in [0.3, 0.4) is 0 Å². The van der Waals surface area contributed by atoms with Gasteiger partial charge in [0.05, 0.1) is 6.04 Å². The molecular weight excluding hydrogens is 250 g/mol. The van der Waals surface area contributed by atoms with Crippen LogP contribution in [0.5, 0.6) is 0 Å². The maximum absolute atomic E-state index is 12.4. The van der Waals surface area contributed by atoms with Gasteiger partial charge in [0.15, 0.2) is 5.78 Å². The van der Waals surface area contributed by atoms with Crippen LogP contribution >= 0.6 is 0 Å². The number of hydrogen-bond acceptors (Lipinski definition) is 4. The highest BCUT2D eigenvalue weighted by atomic mass is 16.1. The van der Waals surface area contributed by atoms with Crippen molar-refractivity contribution in [1.82, 2.24) is 10.3 Å². The maximum Gasteiger partial charge on any atom is 0.154 e. The largest absolute Gasteiger partial charge is 0.398 e. The second-order valence-corrected chi connectivity index (χ2v) is 5.12. The van der Waals surface area contributed by atoms with Gasteiger partial charge >= 0.3 is 0 Å². The average molecular weight is 267 g/mol. The zero-order valence-electron chi connectivity index (χ0n) is 11.2. The molecule has 1 aromatic heterocycles. The molecule has 0 amide bonds. The minimum absolute atomic E-state index is 0.135. The summed E-state index contributed by atoms with van der Waals surface area (Å²) in [6, 6.07) is 9.83. The summed E-state index contributed by atoms with van der Waals surface area (Å²) in [4.78, 5) is 16.4. The fourth-order valence-electron chi connectivity index (χ4n) is 2.58. The summed E-state index contributed by atoms with van der Waals surface area (Å²) in [7, 11) is 0. The van der Waals surface area contributed by atoms with Gasteiger partial charge in [0.2, 0.25) is 0 Å². The zero-order valence-corrected chi connectivity index (χ0v) is 11.2. The minimum Gasteiger partial charge on any atom is -0.398 e. The van der Waals surface area contributed by atoms with Crippen LogP contribution < -0.4 is 11.1 Å². The highest BCUT2D eigenvalue weighted by Gasteiger charge is 2.24. The van der Waals surface area contributed by atoms with Gasteiger partial charge in [-0.1, -0.05) is 24.3 Å². The van der Waals surface area contributed by atoms with Gasteiger partial charge in [-0.2, -0.15) is 0 Å². The molecule has 2 heterocycles. The lowest BCUT2D eigenvalue weighted by Gasteiger charge is -2.25. The van der Waals surface area contributed by atoms with Crippen molar-refractivity contribution in [3.63, 3.8) is 0 Å². The summed E-state index contributed by atoms with van der Waals surface area (Å²) < 4.78 is 0. The summed E-state index contributed by atoms with van der Waals surface area (Å²) in [5.74, 6) is 0.166. The van der Waals surface area contributed by atoms with E-state index >= 15 is 0 Å². The van der Waals surface area contributed by atoms with E-state index in [1.165, 1.54) is 11.1 Å². The molecule has 0 saturated carbocycles. The fraction of sp³-hybridized carbons (Fsp3) is 0.250. The Morgan fingerprint density at radius 3 is 2.90 bits per heavy atom. The van der Waals surface area contributed by atoms with Crippen LogP contribution in [0.2, 0.25) is 0 Å². The predicted octanol–water partition coefficient (Wildman–Crippen LogP) is 1.49. The molecule has 1 aliphatic rings. The number of aromatic nitrogens is 1. The standard InChI is InChI=1S/C16H17N3O/c17-14-5-6-18-9-13(14)8-16(20)15-7-11-3-1-2-4-12(11)10-19-15/h1-6,9,15,19H,7-8,10H2,(H2,17,18). The topological polar surface area (TPSA) is 68.0 Å². The van der Waals surface area contributed by atoms with Gasteiger partial charge in [0.1, 0.15) is 0 Å². The normalized spacial score (nSPS) is 17.5. The third kappa shape index (κ3) is 2.56. The third-order valence-electron chi connectivity index (χ3n) is 3.78. The highest BCUT2D eigenvalue weighted by Crippen LogP contribution is 2.18. The summed E-state index contributed by atoms with van der Waals surface area (Å²) in [5, 5.41) is 3.30. The van der Waals surface area contributed by atoms with Gasteiger partial charge < -0.3 is 11.1 Å². The smallest absolute Gasteiger partial charge is 0.154 e. The Morgan fingerprint density at radius 1 is 1.30 bits per heavy atom. The van der Waals surface area contributed by atoms with Crippen LogP contribution in [-0.4, -0.2) is 16.8 Å². The summed E-state index contributed by atoms with van der Waals surface area (Å²) in [5.41, 5.74) is 9.82. The number of nitrogens with one attached hydrogen (secondary N) is 1. The monoisotopic (exact) mass is 267 g/mol. The Morgan fingerprint density at radius 2 is 2.10 bits per heavy atom. The number of anilines is 1. The lowest BCUT2D eigenvalue weighted by atomic mass is 9.91. The van der Waals surface area contributed by atoms with E-state index in [9.17, 15) is 4.79 Å². The molecule has 3 rings (SSSR count).